The Morgan fingerprint density at radius 3 is 2.36 bits per heavy atom. The summed E-state index contributed by atoms with van der Waals surface area (Å²) in [7, 11) is 0. The molecule has 0 bridgehead atoms. The van der Waals surface area contributed by atoms with Crippen molar-refractivity contribution in [3.8, 4) is 0 Å². The summed E-state index contributed by atoms with van der Waals surface area (Å²) in [5.41, 5.74) is 1.20. The number of aliphatic hydroxyl groups excluding tert-OH is 2. The van der Waals surface area contributed by atoms with E-state index in [1.807, 2.05) is 26.8 Å². The van der Waals surface area contributed by atoms with Gasteiger partial charge in [-0.3, -0.25) is 0 Å². The van der Waals surface area contributed by atoms with Gasteiger partial charge in [-0.2, -0.15) is 0 Å². The molecule has 0 aliphatic carbocycles. The third-order valence-corrected chi connectivity index (χ3v) is 1.63. The lowest BCUT2D eigenvalue weighted by atomic mass is 10.00. The van der Waals surface area contributed by atoms with Crippen LogP contribution in [0.15, 0.2) is 11.6 Å². The molecule has 2 nitrogen and oxygen atoms in total. The summed E-state index contributed by atoms with van der Waals surface area (Å²) in [5, 5.41) is 17.9. The molecule has 0 fully saturated rings. The Kier molecular flexibility index (Phi) is 5.16. The number of hydrogen-bond acceptors (Lipinski definition) is 2. The third-order valence-electron chi connectivity index (χ3n) is 1.63. The van der Waals surface area contributed by atoms with Crippen LogP contribution in [0.2, 0.25) is 0 Å². The molecule has 0 aromatic carbocycles. The zero-order valence-corrected chi connectivity index (χ0v) is 7.54. The molecule has 0 heterocycles. The van der Waals surface area contributed by atoms with Crippen molar-refractivity contribution in [3.05, 3.63) is 11.6 Å². The van der Waals surface area contributed by atoms with Crippen molar-refractivity contribution in [1.82, 2.24) is 0 Å². The Balaban J connectivity index is 3.82. The Bertz CT molecular complexity index is 126. The second-order valence-electron chi connectivity index (χ2n) is 3.18. The van der Waals surface area contributed by atoms with Crippen molar-refractivity contribution in [1.29, 1.82) is 0 Å². The van der Waals surface area contributed by atoms with E-state index < -0.39 is 6.10 Å². The minimum atomic E-state index is -0.408. The van der Waals surface area contributed by atoms with Crippen LogP contribution in [0, 0.1) is 5.92 Å². The van der Waals surface area contributed by atoms with Crippen LogP contribution >= 0.6 is 0 Å². The topological polar surface area (TPSA) is 40.5 Å². The van der Waals surface area contributed by atoms with E-state index in [2.05, 4.69) is 0 Å². The van der Waals surface area contributed by atoms with Gasteiger partial charge in [0.25, 0.3) is 0 Å². The Labute approximate surface area is 68.6 Å². The zero-order valence-electron chi connectivity index (χ0n) is 7.54. The van der Waals surface area contributed by atoms with Crippen LogP contribution in [0.4, 0.5) is 0 Å². The fourth-order valence-electron chi connectivity index (χ4n) is 1.03. The van der Waals surface area contributed by atoms with Gasteiger partial charge in [-0.25, -0.2) is 0 Å². The van der Waals surface area contributed by atoms with Crippen molar-refractivity contribution in [2.45, 2.75) is 33.3 Å². The molecular formula is C9H18O2. The van der Waals surface area contributed by atoms with Gasteiger partial charge in [0, 0.05) is 12.5 Å². The predicted octanol–water partition coefficient (Wildman–Crippen LogP) is 1.33. The monoisotopic (exact) mass is 158 g/mol. The van der Waals surface area contributed by atoms with Crippen LogP contribution < -0.4 is 0 Å². The Hall–Kier alpha value is -0.340. The van der Waals surface area contributed by atoms with Gasteiger partial charge in [-0.1, -0.05) is 18.6 Å². The van der Waals surface area contributed by atoms with Crippen LogP contribution in [0.25, 0.3) is 0 Å². The predicted molar refractivity (Wildman–Crippen MR) is 46.3 cm³/mol. The first-order chi connectivity index (χ1) is 5.07. The summed E-state index contributed by atoms with van der Waals surface area (Å²) in [6.45, 7) is 6.01. The van der Waals surface area contributed by atoms with Crippen molar-refractivity contribution in [3.63, 3.8) is 0 Å². The molecule has 2 heteroatoms. The van der Waals surface area contributed by atoms with Gasteiger partial charge in [-0.15, -0.1) is 0 Å². The van der Waals surface area contributed by atoms with E-state index in [-0.39, 0.29) is 12.5 Å². The molecule has 0 radical (unpaired) electrons. The first kappa shape index (κ1) is 10.7. The molecule has 0 saturated heterocycles. The second-order valence-corrected chi connectivity index (χ2v) is 3.18. The van der Waals surface area contributed by atoms with Crippen molar-refractivity contribution in [2.24, 2.45) is 5.92 Å². The lowest BCUT2D eigenvalue weighted by Crippen LogP contribution is -2.17. The molecule has 2 N–H and O–H groups in total. The minimum absolute atomic E-state index is 0.0576. The fourth-order valence-corrected chi connectivity index (χ4v) is 1.03. The van der Waals surface area contributed by atoms with Gasteiger partial charge >= 0.3 is 0 Å². The van der Waals surface area contributed by atoms with Gasteiger partial charge in [0.2, 0.25) is 0 Å². The summed E-state index contributed by atoms with van der Waals surface area (Å²) in [6, 6.07) is 0. The largest absolute Gasteiger partial charge is 0.396 e. The van der Waals surface area contributed by atoms with E-state index in [1.54, 1.807) is 0 Å². The maximum absolute atomic E-state index is 9.36. The third kappa shape index (κ3) is 4.99. The van der Waals surface area contributed by atoms with Gasteiger partial charge in [-0.05, 0) is 20.3 Å². The smallest absolute Gasteiger partial charge is 0.0622 e. The molecule has 0 rings (SSSR count). The summed E-state index contributed by atoms with van der Waals surface area (Å²) in [4.78, 5) is 0. The highest BCUT2D eigenvalue weighted by atomic mass is 16.3. The Morgan fingerprint density at radius 1 is 1.45 bits per heavy atom. The molecule has 0 amide bonds. The molecule has 2 atom stereocenters. The minimum Gasteiger partial charge on any atom is -0.396 e. The SMILES string of the molecule is CC(C)=C[C@H](C)[C@@H](O)CCO. The number of rotatable bonds is 4. The first-order valence-corrected chi connectivity index (χ1v) is 4.02. The van der Waals surface area contributed by atoms with E-state index in [9.17, 15) is 5.11 Å². The van der Waals surface area contributed by atoms with E-state index in [0.29, 0.717) is 6.42 Å². The molecule has 0 aliphatic rings. The van der Waals surface area contributed by atoms with Crippen molar-refractivity contribution >= 4 is 0 Å². The van der Waals surface area contributed by atoms with Crippen LogP contribution in [0.3, 0.4) is 0 Å². The first-order valence-electron chi connectivity index (χ1n) is 4.02. The average Bonchev–Trinajstić information content (AvgIpc) is 1.86. The van der Waals surface area contributed by atoms with Crippen molar-refractivity contribution in [2.75, 3.05) is 6.61 Å². The number of aliphatic hydroxyl groups is 2. The Morgan fingerprint density at radius 2 is 2.00 bits per heavy atom. The summed E-state index contributed by atoms with van der Waals surface area (Å²) >= 11 is 0. The molecule has 0 saturated carbocycles. The second kappa shape index (κ2) is 5.33. The van der Waals surface area contributed by atoms with E-state index in [4.69, 9.17) is 5.11 Å². The molecule has 0 unspecified atom stereocenters. The van der Waals surface area contributed by atoms with Gasteiger partial charge in [0.05, 0.1) is 6.10 Å². The van der Waals surface area contributed by atoms with Crippen molar-refractivity contribution < 1.29 is 10.2 Å². The fraction of sp³-hybridized carbons (Fsp3) is 0.778. The molecular weight excluding hydrogens is 140 g/mol. The highest BCUT2D eigenvalue weighted by Crippen LogP contribution is 2.10. The van der Waals surface area contributed by atoms with Gasteiger partial charge in [0.15, 0.2) is 0 Å². The quantitative estimate of drug-likeness (QED) is 0.606. The maximum atomic E-state index is 9.36. The highest BCUT2D eigenvalue weighted by Gasteiger charge is 2.09. The number of allylic oxidation sites excluding steroid dienone is 1. The van der Waals surface area contributed by atoms with E-state index in [1.165, 1.54) is 5.57 Å². The normalized spacial score (nSPS) is 15.7. The lowest BCUT2D eigenvalue weighted by molar-refractivity contribution is 0.103. The number of hydrogen-bond donors (Lipinski definition) is 2. The molecule has 66 valence electrons. The molecule has 11 heavy (non-hydrogen) atoms. The van der Waals surface area contributed by atoms with Gasteiger partial charge in [0.1, 0.15) is 0 Å². The van der Waals surface area contributed by atoms with E-state index >= 15 is 0 Å². The lowest BCUT2D eigenvalue weighted by Gasteiger charge is -2.14. The average molecular weight is 158 g/mol. The van der Waals surface area contributed by atoms with Crippen LogP contribution in [-0.2, 0) is 0 Å². The van der Waals surface area contributed by atoms with Crippen LogP contribution in [-0.4, -0.2) is 22.9 Å². The van der Waals surface area contributed by atoms with Crippen LogP contribution in [0.5, 0.6) is 0 Å². The van der Waals surface area contributed by atoms with E-state index in [0.717, 1.165) is 0 Å². The summed E-state index contributed by atoms with van der Waals surface area (Å²) in [5.74, 6) is 0.146. The zero-order chi connectivity index (χ0) is 8.85. The van der Waals surface area contributed by atoms with Crippen LogP contribution in [0.1, 0.15) is 27.2 Å². The molecule has 0 aromatic heterocycles. The molecule has 0 aliphatic heterocycles. The standard InChI is InChI=1S/C9H18O2/c1-7(2)6-8(3)9(11)4-5-10/h6,8-11H,4-5H2,1-3H3/t8-,9-/m0/s1. The summed E-state index contributed by atoms with van der Waals surface area (Å²) < 4.78 is 0. The maximum Gasteiger partial charge on any atom is 0.0622 e. The summed E-state index contributed by atoms with van der Waals surface area (Å²) in [6.07, 6.45) is 2.07. The highest BCUT2D eigenvalue weighted by molar-refractivity contribution is 4.97. The molecule has 0 aromatic rings. The molecule has 0 spiro atoms. The van der Waals surface area contributed by atoms with Gasteiger partial charge < -0.3 is 10.2 Å².